The van der Waals surface area contributed by atoms with Crippen molar-refractivity contribution in [2.24, 2.45) is 5.92 Å². The third kappa shape index (κ3) is 4.38. The molecule has 1 saturated heterocycles. The number of hydrogen-bond donors (Lipinski definition) is 1. The van der Waals surface area contributed by atoms with E-state index in [4.69, 9.17) is 9.47 Å². The zero-order valence-corrected chi connectivity index (χ0v) is 17.1. The van der Waals surface area contributed by atoms with Gasteiger partial charge in [-0.15, -0.1) is 0 Å². The topological polar surface area (TPSA) is 84.9 Å². The van der Waals surface area contributed by atoms with Crippen LogP contribution in [-0.2, 0) is 16.6 Å². The van der Waals surface area contributed by atoms with Gasteiger partial charge in [-0.3, -0.25) is 4.79 Å². The number of likely N-dealkylation sites (tertiary alicyclic amines) is 1. The Balaban J connectivity index is 1.45. The Morgan fingerprint density at radius 3 is 2.66 bits per heavy atom. The highest BCUT2D eigenvalue weighted by Crippen LogP contribution is 2.32. The average molecular weight is 416 g/mol. The van der Waals surface area contributed by atoms with E-state index < -0.39 is 10.0 Å². The maximum atomic E-state index is 12.8. The van der Waals surface area contributed by atoms with Crippen molar-refractivity contribution in [2.45, 2.75) is 31.2 Å². The first-order chi connectivity index (χ1) is 13.9. The smallest absolute Gasteiger partial charge is 0.253 e. The molecule has 1 amide bonds. The molecule has 0 unspecified atom stereocenters. The van der Waals surface area contributed by atoms with Crippen molar-refractivity contribution in [3.8, 4) is 11.5 Å². The number of hydrogen-bond acceptors (Lipinski definition) is 5. The van der Waals surface area contributed by atoms with Gasteiger partial charge in [0.2, 0.25) is 16.8 Å². The number of fused-ring (bicyclic) bond motifs is 1. The van der Waals surface area contributed by atoms with Crippen LogP contribution in [0.4, 0.5) is 0 Å². The summed E-state index contributed by atoms with van der Waals surface area (Å²) in [5, 5.41) is 0. The Morgan fingerprint density at radius 2 is 1.86 bits per heavy atom. The van der Waals surface area contributed by atoms with Gasteiger partial charge in [0.15, 0.2) is 11.5 Å². The van der Waals surface area contributed by atoms with Crippen LogP contribution in [0.2, 0.25) is 0 Å². The van der Waals surface area contributed by atoms with Crippen molar-refractivity contribution in [3.05, 3.63) is 53.6 Å². The van der Waals surface area contributed by atoms with E-state index in [1.165, 1.54) is 12.1 Å². The molecule has 2 aliphatic heterocycles. The lowest BCUT2D eigenvalue weighted by molar-refractivity contribution is 0.0697. The summed E-state index contributed by atoms with van der Waals surface area (Å²) in [6.07, 6.45) is 1.95. The molecule has 1 N–H and O–H groups in total. The average Bonchev–Trinajstić information content (AvgIpc) is 3.20. The second-order valence-electron chi connectivity index (χ2n) is 7.51. The van der Waals surface area contributed by atoms with E-state index in [2.05, 4.69) is 11.6 Å². The van der Waals surface area contributed by atoms with Gasteiger partial charge in [0.25, 0.3) is 5.91 Å². The first-order valence-electron chi connectivity index (χ1n) is 9.70. The van der Waals surface area contributed by atoms with Crippen LogP contribution in [0.1, 0.15) is 35.7 Å². The summed E-state index contributed by atoms with van der Waals surface area (Å²) in [6, 6.07) is 11.5. The third-order valence-corrected chi connectivity index (χ3v) is 6.76. The number of nitrogens with zero attached hydrogens (tertiary/aromatic N) is 1. The molecule has 0 bridgehead atoms. The number of ether oxygens (including phenoxy) is 2. The molecular weight excluding hydrogens is 392 g/mol. The number of sulfonamides is 1. The molecule has 0 aliphatic carbocycles. The first-order valence-corrected chi connectivity index (χ1v) is 11.2. The molecule has 2 aromatic carbocycles. The fraction of sp³-hybridized carbons (Fsp3) is 0.381. The molecule has 2 aliphatic rings. The van der Waals surface area contributed by atoms with Gasteiger partial charge in [-0.05, 0) is 54.7 Å². The largest absolute Gasteiger partial charge is 0.454 e. The number of nitrogens with one attached hydrogen (secondary N) is 1. The number of rotatable bonds is 5. The number of amides is 1. The summed E-state index contributed by atoms with van der Waals surface area (Å²) in [5.41, 5.74) is 1.15. The maximum absolute atomic E-state index is 12.8. The highest BCUT2D eigenvalue weighted by atomic mass is 32.2. The number of benzene rings is 2. The minimum absolute atomic E-state index is 0.0782. The summed E-state index contributed by atoms with van der Waals surface area (Å²) in [5.74, 6) is 1.75. The van der Waals surface area contributed by atoms with Crippen molar-refractivity contribution in [3.63, 3.8) is 0 Å². The fourth-order valence-corrected chi connectivity index (χ4v) is 4.57. The lowest BCUT2D eigenvalue weighted by atomic mass is 9.98. The zero-order valence-electron chi connectivity index (χ0n) is 16.3. The van der Waals surface area contributed by atoms with Crippen LogP contribution in [0.15, 0.2) is 47.4 Å². The van der Waals surface area contributed by atoms with Gasteiger partial charge in [0.05, 0.1) is 4.90 Å². The molecule has 2 heterocycles. The molecule has 1 fully saturated rings. The van der Waals surface area contributed by atoms with Crippen LogP contribution in [0.5, 0.6) is 11.5 Å². The van der Waals surface area contributed by atoms with E-state index in [1.54, 1.807) is 35.2 Å². The van der Waals surface area contributed by atoms with Gasteiger partial charge in [0.1, 0.15) is 0 Å². The SMILES string of the molecule is CC1CCN(C(=O)c2cccc(S(=O)(=O)NCc3ccc4c(c3)OCO4)c2)CC1. The lowest BCUT2D eigenvalue weighted by Crippen LogP contribution is -2.38. The molecular formula is C21H24N2O5S. The Bertz CT molecular complexity index is 1010. The molecule has 8 heteroatoms. The molecule has 0 spiro atoms. The molecule has 0 saturated carbocycles. The second kappa shape index (κ2) is 8.04. The molecule has 7 nitrogen and oxygen atoms in total. The number of carbonyl (C=O) groups excluding carboxylic acids is 1. The molecule has 2 aromatic rings. The first kappa shape index (κ1) is 19.7. The highest BCUT2D eigenvalue weighted by Gasteiger charge is 2.23. The summed E-state index contributed by atoms with van der Waals surface area (Å²) >= 11 is 0. The predicted octanol–water partition coefficient (Wildman–Crippen LogP) is 2.77. The number of piperidine rings is 1. The Labute approximate surface area is 170 Å². The van der Waals surface area contributed by atoms with Crippen LogP contribution in [-0.4, -0.2) is 39.1 Å². The minimum Gasteiger partial charge on any atom is -0.454 e. The molecule has 154 valence electrons. The number of carbonyl (C=O) groups is 1. The lowest BCUT2D eigenvalue weighted by Gasteiger charge is -2.30. The van der Waals surface area contributed by atoms with Crippen LogP contribution < -0.4 is 14.2 Å². The van der Waals surface area contributed by atoms with Gasteiger partial charge in [-0.1, -0.05) is 19.1 Å². The van der Waals surface area contributed by atoms with Gasteiger partial charge < -0.3 is 14.4 Å². The normalized spacial score (nSPS) is 16.8. The highest BCUT2D eigenvalue weighted by molar-refractivity contribution is 7.89. The predicted molar refractivity (Wildman–Crippen MR) is 107 cm³/mol. The van der Waals surface area contributed by atoms with E-state index in [0.29, 0.717) is 36.1 Å². The van der Waals surface area contributed by atoms with Crippen molar-refractivity contribution >= 4 is 15.9 Å². The quantitative estimate of drug-likeness (QED) is 0.810. The maximum Gasteiger partial charge on any atom is 0.253 e. The van der Waals surface area contributed by atoms with Crippen LogP contribution in [0.3, 0.4) is 0 Å². The summed E-state index contributed by atoms with van der Waals surface area (Å²) in [4.78, 5) is 14.6. The van der Waals surface area contributed by atoms with E-state index in [-0.39, 0.29) is 24.1 Å². The van der Waals surface area contributed by atoms with E-state index in [0.717, 1.165) is 18.4 Å². The standard InChI is InChI=1S/C21H24N2O5S/c1-15-7-9-23(10-8-15)21(24)17-3-2-4-18(12-17)29(25,26)22-13-16-5-6-19-20(11-16)28-14-27-19/h2-6,11-12,15,22H,7-10,13-14H2,1H3. The molecule has 29 heavy (non-hydrogen) atoms. The second-order valence-corrected chi connectivity index (χ2v) is 9.28. The van der Waals surface area contributed by atoms with Gasteiger partial charge in [-0.25, -0.2) is 13.1 Å². The van der Waals surface area contributed by atoms with E-state index in [9.17, 15) is 13.2 Å². The van der Waals surface area contributed by atoms with Crippen molar-refractivity contribution in [1.29, 1.82) is 0 Å². The Kier molecular flexibility index (Phi) is 5.47. The van der Waals surface area contributed by atoms with E-state index in [1.807, 2.05) is 0 Å². The van der Waals surface area contributed by atoms with Gasteiger partial charge >= 0.3 is 0 Å². The van der Waals surface area contributed by atoms with E-state index >= 15 is 0 Å². The fourth-order valence-electron chi connectivity index (χ4n) is 3.50. The Morgan fingerprint density at radius 1 is 1.10 bits per heavy atom. The molecule has 4 rings (SSSR count). The summed E-state index contributed by atoms with van der Waals surface area (Å²) < 4.78 is 38.7. The third-order valence-electron chi connectivity index (χ3n) is 5.37. The van der Waals surface area contributed by atoms with Crippen LogP contribution in [0, 0.1) is 5.92 Å². The zero-order chi connectivity index (χ0) is 20.4. The van der Waals surface area contributed by atoms with Crippen LogP contribution >= 0.6 is 0 Å². The van der Waals surface area contributed by atoms with Crippen molar-refractivity contribution in [1.82, 2.24) is 9.62 Å². The summed E-state index contributed by atoms with van der Waals surface area (Å²) in [6.45, 7) is 3.88. The molecule has 0 radical (unpaired) electrons. The Hall–Kier alpha value is -2.58. The van der Waals surface area contributed by atoms with Gasteiger partial charge in [-0.2, -0.15) is 0 Å². The minimum atomic E-state index is -3.76. The van der Waals surface area contributed by atoms with Crippen molar-refractivity contribution < 1.29 is 22.7 Å². The molecule has 0 atom stereocenters. The van der Waals surface area contributed by atoms with Gasteiger partial charge in [0, 0.05) is 25.2 Å². The monoisotopic (exact) mass is 416 g/mol. The molecule has 0 aromatic heterocycles. The van der Waals surface area contributed by atoms with Crippen LogP contribution in [0.25, 0.3) is 0 Å². The van der Waals surface area contributed by atoms with Crippen molar-refractivity contribution in [2.75, 3.05) is 19.9 Å². The summed E-state index contributed by atoms with van der Waals surface area (Å²) in [7, 11) is -3.76.